The van der Waals surface area contributed by atoms with Gasteiger partial charge in [-0.25, -0.2) is 0 Å². The second-order valence-corrected chi connectivity index (χ2v) is 4.97. The first kappa shape index (κ1) is 13.6. The molecular weight excluding hydrogens is 242 g/mol. The number of hydrogen-bond acceptors (Lipinski definition) is 3. The van der Waals surface area contributed by atoms with Gasteiger partial charge in [0.25, 0.3) is 0 Å². The van der Waals surface area contributed by atoms with E-state index in [1.807, 2.05) is 26.0 Å². The van der Waals surface area contributed by atoms with Crippen LogP contribution in [0.4, 0.5) is 0 Å². The maximum atomic E-state index is 11.7. The fourth-order valence-electron chi connectivity index (χ4n) is 2.02. The van der Waals surface area contributed by atoms with Crippen molar-refractivity contribution in [3.05, 3.63) is 35.1 Å². The number of furan rings is 1. The second-order valence-electron chi connectivity index (χ2n) is 4.97. The Morgan fingerprint density at radius 3 is 2.84 bits per heavy atom. The summed E-state index contributed by atoms with van der Waals surface area (Å²) >= 11 is 0. The number of aryl methyl sites for hydroxylation is 2. The minimum Gasteiger partial charge on any atom is -0.464 e. The molecule has 0 radical (unpaired) electrons. The lowest BCUT2D eigenvalue weighted by Crippen LogP contribution is -2.31. The van der Waals surface area contributed by atoms with E-state index in [0.29, 0.717) is 0 Å². The van der Waals surface area contributed by atoms with Crippen molar-refractivity contribution in [3.8, 4) is 0 Å². The highest BCUT2D eigenvalue weighted by atomic mass is 16.3. The number of carbonyl (C=O) groups is 1. The molecule has 2 N–H and O–H groups in total. The van der Waals surface area contributed by atoms with E-state index < -0.39 is 6.10 Å². The van der Waals surface area contributed by atoms with Crippen molar-refractivity contribution in [2.75, 3.05) is 6.54 Å². The molecule has 0 aliphatic carbocycles. The molecule has 4 heteroatoms. The van der Waals surface area contributed by atoms with Crippen molar-refractivity contribution < 1.29 is 14.3 Å². The number of aliphatic hydroxyl groups excluding tert-OH is 1. The lowest BCUT2D eigenvalue weighted by atomic mass is 10.0. The van der Waals surface area contributed by atoms with Crippen LogP contribution in [0.3, 0.4) is 0 Å². The van der Waals surface area contributed by atoms with Crippen LogP contribution in [0.15, 0.2) is 22.8 Å². The van der Waals surface area contributed by atoms with E-state index in [2.05, 4.69) is 5.32 Å². The average molecular weight is 261 g/mol. The molecule has 1 unspecified atom stereocenters. The maximum absolute atomic E-state index is 11.7. The zero-order valence-electron chi connectivity index (χ0n) is 11.5. The summed E-state index contributed by atoms with van der Waals surface area (Å²) in [6, 6.07) is 4.02. The number of aliphatic hydroxyl groups is 1. The monoisotopic (exact) mass is 261 g/mol. The number of fused-ring (bicyclic) bond motifs is 1. The highest BCUT2D eigenvalue weighted by Gasteiger charge is 2.12. The Balaban J connectivity index is 2.18. The molecule has 1 heterocycles. The van der Waals surface area contributed by atoms with Gasteiger partial charge in [0.15, 0.2) is 0 Å². The summed E-state index contributed by atoms with van der Waals surface area (Å²) in [7, 11) is 0. The molecule has 0 fully saturated rings. The molecule has 102 valence electrons. The van der Waals surface area contributed by atoms with E-state index in [9.17, 15) is 4.79 Å². The van der Waals surface area contributed by atoms with Crippen LogP contribution >= 0.6 is 0 Å². The first-order valence-electron chi connectivity index (χ1n) is 6.40. The van der Waals surface area contributed by atoms with Crippen LogP contribution in [0.2, 0.25) is 0 Å². The minimum atomic E-state index is -0.532. The maximum Gasteiger partial charge on any atom is 0.224 e. The van der Waals surface area contributed by atoms with Crippen molar-refractivity contribution in [2.24, 2.45) is 0 Å². The quantitative estimate of drug-likeness (QED) is 0.885. The molecule has 0 spiro atoms. The topological polar surface area (TPSA) is 62.5 Å². The van der Waals surface area contributed by atoms with Gasteiger partial charge in [0.2, 0.25) is 5.91 Å². The Kier molecular flexibility index (Phi) is 3.90. The van der Waals surface area contributed by atoms with Crippen LogP contribution in [0.5, 0.6) is 0 Å². The lowest BCUT2D eigenvalue weighted by Gasteiger charge is -2.06. The fraction of sp³-hybridized carbons (Fsp3) is 0.400. The molecule has 0 saturated carbocycles. The van der Waals surface area contributed by atoms with Crippen molar-refractivity contribution in [1.82, 2.24) is 5.32 Å². The van der Waals surface area contributed by atoms with E-state index in [1.54, 1.807) is 13.2 Å². The molecule has 1 aromatic carbocycles. The molecule has 2 rings (SSSR count). The zero-order valence-corrected chi connectivity index (χ0v) is 11.5. The van der Waals surface area contributed by atoms with E-state index in [1.165, 1.54) is 5.56 Å². The van der Waals surface area contributed by atoms with E-state index in [4.69, 9.17) is 9.52 Å². The molecule has 2 aromatic rings. The third kappa shape index (κ3) is 2.96. The van der Waals surface area contributed by atoms with Crippen LogP contribution in [-0.4, -0.2) is 23.7 Å². The number of benzene rings is 1. The van der Waals surface area contributed by atoms with Crippen LogP contribution in [-0.2, 0) is 11.2 Å². The average Bonchev–Trinajstić information content (AvgIpc) is 2.75. The highest BCUT2D eigenvalue weighted by Crippen LogP contribution is 2.26. The third-order valence-electron chi connectivity index (χ3n) is 3.29. The van der Waals surface area contributed by atoms with Gasteiger partial charge >= 0.3 is 0 Å². The fourth-order valence-corrected chi connectivity index (χ4v) is 2.02. The molecular formula is C15H19NO3. The summed E-state index contributed by atoms with van der Waals surface area (Å²) in [6.07, 6.45) is 1.37. The Morgan fingerprint density at radius 2 is 2.16 bits per heavy atom. The largest absolute Gasteiger partial charge is 0.464 e. The Labute approximate surface area is 112 Å². The van der Waals surface area contributed by atoms with Crippen molar-refractivity contribution in [2.45, 2.75) is 33.3 Å². The van der Waals surface area contributed by atoms with Gasteiger partial charge < -0.3 is 14.8 Å². The molecule has 0 aliphatic rings. The number of rotatable bonds is 4. The van der Waals surface area contributed by atoms with Gasteiger partial charge in [-0.1, -0.05) is 12.1 Å². The van der Waals surface area contributed by atoms with Gasteiger partial charge in [0.05, 0.1) is 18.8 Å². The van der Waals surface area contributed by atoms with Gasteiger partial charge in [-0.15, -0.1) is 0 Å². The Morgan fingerprint density at radius 1 is 1.42 bits per heavy atom. The summed E-state index contributed by atoms with van der Waals surface area (Å²) in [5.74, 6) is -0.109. The molecule has 1 atom stereocenters. The van der Waals surface area contributed by atoms with Crippen LogP contribution in [0.25, 0.3) is 11.0 Å². The summed E-state index contributed by atoms with van der Waals surface area (Å²) in [6.45, 7) is 5.96. The van der Waals surface area contributed by atoms with E-state index in [-0.39, 0.29) is 18.9 Å². The number of carbonyl (C=O) groups excluding carboxylic acids is 1. The predicted octanol–water partition coefficient (Wildman–Crippen LogP) is 2.09. The van der Waals surface area contributed by atoms with Crippen LogP contribution < -0.4 is 5.32 Å². The van der Waals surface area contributed by atoms with Crippen LogP contribution in [0.1, 0.15) is 23.6 Å². The molecule has 19 heavy (non-hydrogen) atoms. The van der Waals surface area contributed by atoms with Gasteiger partial charge in [0.1, 0.15) is 5.58 Å². The van der Waals surface area contributed by atoms with Gasteiger partial charge in [-0.2, -0.15) is 0 Å². The van der Waals surface area contributed by atoms with E-state index in [0.717, 1.165) is 22.1 Å². The van der Waals surface area contributed by atoms with Crippen molar-refractivity contribution in [3.63, 3.8) is 0 Å². The molecule has 0 aliphatic heterocycles. The Hall–Kier alpha value is -1.81. The summed E-state index contributed by atoms with van der Waals surface area (Å²) in [5, 5.41) is 12.8. The second kappa shape index (κ2) is 5.45. The van der Waals surface area contributed by atoms with Gasteiger partial charge in [0, 0.05) is 17.5 Å². The first-order chi connectivity index (χ1) is 8.99. The summed E-state index contributed by atoms with van der Waals surface area (Å²) in [4.78, 5) is 11.7. The molecule has 1 amide bonds. The molecule has 1 aromatic heterocycles. The van der Waals surface area contributed by atoms with E-state index >= 15 is 0 Å². The first-order valence-corrected chi connectivity index (χ1v) is 6.40. The smallest absolute Gasteiger partial charge is 0.224 e. The highest BCUT2D eigenvalue weighted by molar-refractivity contribution is 5.89. The normalized spacial score (nSPS) is 12.6. The van der Waals surface area contributed by atoms with Crippen molar-refractivity contribution >= 4 is 16.9 Å². The predicted molar refractivity (Wildman–Crippen MR) is 74.1 cm³/mol. The lowest BCUT2D eigenvalue weighted by molar-refractivity contribution is -0.120. The minimum absolute atomic E-state index is 0.109. The van der Waals surface area contributed by atoms with Crippen LogP contribution in [0, 0.1) is 13.8 Å². The summed E-state index contributed by atoms with van der Waals surface area (Å²) < 4.78 is 5.56. The van der Waals surface area contributed by atoms with Crippen molar-refractivity contribution in [1.29, 1.82) is 0 Å². The summed E-state index contributed by atoms with van der Waals surface area (Å²) in [5.41, 5.74) is 4.00. The number of hydrogen-bond donors (Lipinski definition) is 2. The van der Waals surface area contributed by atoms with Gasteiger partial charge in [-0.3, -0.25) is 4.79 Å². The third-order valence-corrected chi connectivity index (χ3v) is 3.29. The zero-order chi connectivity index (χ0) is 14.0. The molecule has 4 nitrogen and oxygen atoms in total. The van der Waals surface area contributed by atoms with Gasteiger partial charge in [-0.05, 0) is 31.9 Å². The standard InChI is InChI=1S/C15H19NO3/c1-9-4-5-13-12(8-19-15(13)11(9)3)6-14(18)16-7-10(2)17/h4-5,8,10,17H,6-7H2,1-3H3,(H,16,18). The Bertz CT molecular complexity index is 599. The molecule has 0 saturated heterocycles. The molecule has 0 bridgehead atoms. The number of amides is 1. The SMILES string of the molecule is Cc1ccc2c(CC(=O)NCC(C)O)coc2c1C. The number of nitrogens with one attached hydrogen (secondary N) is 1.